The molecule has 9 aromatic rings. The first-order valence-corrected chi connectivity index (χ1v) is 19.1. The van der Waals surface area contributed by atoms with Crippen LogP contribution in [0.4, 0.5) is 17.1 Å². The van der Waals surface area contributed by atoms with Crippen LogP contribution < -0.4 is 4.90 Å². The standard InChI is InChI=1S/C51H33NS/c1-4-16-34(17-5-1)36-30-37(35-18-6-2-7-19-35)32-40(31-36)52(38-20-8-3-9-21-38)39-28-29-43-47(33-39)51(49-44-24-12-15-27-48(44)53-50(43)49)45-25-13-10-22-41(45)42-23-11-14-26-46(42)51/h1-33H. The Kier molecular flexibility index (Phi) is 6.71. The van der Waals surface area contributed by atoms with E-state index in [1.165, 1.54) is 76.2 Å². The van der Waals surface area contributed by atoms with Crippen molar-refractivity contribution in [1.29, 1.82) is 0 Å². The minimum absolute atomic E-state index is 0.434. The van der Waals surface area contributed by atoms with Crippen molar-refractivity contribution in [3.63, 3.8) is 0 Å². The van der Waals surface area contributed by atoms with Crippen molar-refractivity contribution < 1.29 is 0 Å². The summed E-state index contributed by atoms with van der Waals surface area (Å²) in [5.41, 5.74) is 17.2. The summed E-state index contributed by atoms with van der Waals surface area (Å²) < 4.78 is 1.34. The van der Waals surface area contributed by atoms with E-state index in [4.69, 9.17) is 0 Å². The summed E-state index contributed by atoms with van der Waals surface area (Å²) in [5.74, 6) is 0. The molecule has 8 aromatic carbocycles. The van der Waals surface area contributed by atoms with E-state index in [-0.39, 0.29) is 0 Å². The van der Waals surface area contributed by atoms with Gasteiger partial charge in [0, 0.05) is 26.6 Å². The van der Waals surface area contributed by atoms with Crippen molar-refractivity contribution in [2.75, 3.05) is 4.90 Å². The molecule has 0 amide bonds. The minimum atomic E-state index is -0.434. The van der Waals surface area contributed by atoms with Gasteiger partial charge in [-0.15, -0.1) is 11.3 Å². The lowest BCUT2D eigenvalue weighted by atomic mass is 9.70. The number of anilines is 3. The van der Waals surface area contributed by atoms with E-state index < -0.39 is 5.41 Å². The van der Waals surface area contributed by atoms with Gasteiger partial charge in [-0.25, -0.2) is 0 Å². The number of fused-ring (bicyclic) bond motifs is 12. The number of para-hydroxylation sites is 1. The van der Waals surface area contributed by atoms with Crippen molar-refractivity contribution in [3.05, 3.63) is 222 Å². The van der Waals surface area contributed by atoms with Gasteiger partial charge in [0.25, 0.3) is 0 Å². The average Bonchev–Trinajstić information content (AvgIpc) is 3.85. The maximum absolute atomic E-state index is 2.50. The molecule has 1 heterocycles. The first kappa shape index (κ1) is 30.2. The Morgan fingerprint density at radius 1 is 0.358 bits per heavy atom. The highest BCUT2D eigenvalue weighted by molar-refractivity contribution is 7.22. The smallest absolute Gasteiger partial charge is 0.0740 e. The summed E-state index contributed by atoms with van der Waals surface area (Å²) in [6.45, 7) is 0. The summed E-state index contributed by atoms with van der Waals surface area (Å²) in [7, 11) is 0. The Morgan fingerprint density at radius 3 is 1.55 bits per heavy atom. The van der Waals surface area contributed by atoms with Crippen LogP contribution in [0.2, 0.25) is 0 Å². The lowest BCUT2D eigenvalue weighted by molar-refractivity contribution is 0.802. The normalized spacial score (nSPS) is 13.1. The summed E-state index contributed by atoms with van der Waals surface area (Å²) in [6.07, 6.45) is 0. The molecule has 0 unspecified atom stereocenters. The average molecular weight is 692 g/mol. The molecule has 1 nitrogen and oxygen atoms in total. The van der Waals surface area contributed by atoms with E-state index in [9.17, 15) is 0 Å². The van der Waals surface area contributed by atoms with E-state index in [0.717, 1.165) is 17.1 Å². The molecule has 0 atom stereocenters. The van der Waals surface area contributed by atoms with Crippen LogP contribution in [-0.4, -0.2) is 0 Å². The maximum atomic E-state index is 2.50. The van der Waals surface area contributed by atoms with E-state index in [0.29, 0.717) is 0 Å². The lowest BCUT2D eigenvalue weighted by Gasteiger charge is -2.32. The Labute approximate surface area is 313 Å². The van der Waals surface area contributed by atoms with Crippen LogP contribution in [0.25, 0.3) is 53.9 Å². The molecule has 0 bridgehead atoms. The third-order valence-electron chi connectivity index (χ3n) is 11.2. The Hall–Kier alpha value is -6.48. The molecule has 0 N–H and O–H groups in total. The third-order valence-corrected chi connectivity index (χ3v) is 12.4. The molecule has 2 heteroatoms. The number of rotatable bonds is 5. The monoisotopic (exact) mass is 691 g/mol. The number of thiophene rings is 1. The van der Waals surface area contributed by atoms with Crippen LogP contribution in [-0.2, 0) is 5.41 Å². The number of hydrogen-bond donors (Lipinski definition) is 0. The zero-order valence-electron chi connectivity index (χ0n) is 28.9. The first-order valence-electron chi connectivity index (χ1n) is 18.3. The van der Waals surface area contributed by atoms with Crippen molar-refractivity contribution in [1.82, 2.24) is 0 Å². The van der Waals surface area contributed by atoms with Crippen molar-refractivity contribution >= 4 is 38.5 Å². The topological polar surface area (TPSA) is 3.24 Å². The van der Waals surface area contributed by atoms with Crippen LogP contribution in [0.1, 0.15) is 22.3 Å². The number of benzene rings is 8. The lowest BCUT2D eigenvalue weighted by Crippen LogP contribution is -2.26. The second-order valence-corrected chi connectivity index (χ2v) is 15.1. The fraction of sp³-hybridized carbons (Fsp3) is 0.0196. The second-order valence-electron chi connectivity index (χ2n) is 14.0. The summed E-state index contributed by atoms with van der Waals surface area (Å²) in [6, 6.07) is 73.8. The highest BCUT2D eigenvalue weighted by atomic mass is 32.1. The second kappa shape index (κ2) is 11.8. The van der Waals surface area contributed by atoms with Gasteiger partial charge in [0.2, 0.25) is 0 Å². The van der Waals surface area contributed by atoms with Gasteiger partial charge >= 0.3 is 0 Å². The molecule has 0 saturated carbocycles. The predicted octanol–water partition coefficient (Wildman–Crippen LogP) is 14.0. The molecular formula is C51H33NS. The number of hydrogen-bond acceptors (Lipinski definition) is 2. The zero-order valence-corrected chi connectivity index (χ0v) is 29.7. The molecule has 53 heavy (non-hydrogen) atoms. The molecule has 1 spiro atoms. The Balaban J connectivity index is 1.21. The van der Waals surface area contributed by atoms with Gasteiger partial charge in [-0.3, -0.25) is 0 Å². The van der Waals surface area contributed by atoms with Gasteiger partial charge in [0.15, 0.2) is 0 Å². The van der Waals surface area contributed by atoms with E-state index in [1.54, 1.807) is 0 Å². The molecule has 248 valence electrons. The third kappa shape index (κ3) is 4.43. The van der Waals surface area contributed by atoms with Crippen molar-refractivity contribution in [2.24, 2.45) is 0 Å². The summed E-state index contributed by atoms with van der Waals surface area (Å²) in [5, 5.41) is 1.35. The highest BCUT2D eigenvalue weighted by Gasteiger charge is 2.53. The van der Waals surface area contributed by atoms with E-state index in [2.05, 4.69) is 205 Å². The molecule has 0 fully saturated rings. The molecule has 2 aliphatic rings. The predicted molar refractivity (Wildman–Crippen MR) is 224 cm³/mol. The van der Waals surface area contributed by atoms with Crippen LogP contribution in [0.3, 0.4) is 0 Å². The first-order chi connectivity index (χ1) is 26.3. The molecule has 0 saturated heterocycles. The van der Waals surface area contributed by atoms with Gasteiger partial charge in [0.1, 0.15) is 0 Å². The van der Waals surface area contributed by atoms with Gasteiger partial charge in [-0.1, -0.05) is 152 Å². The zero-order chi connectivity index (χ0) is 34.9. The Bertz CT molecular complexity index is 2730. The van der Waals surface area contributed by atoms with Crippen LogP contribution >= 0.6 is 11.3 Å². The maximum Gasteiger partial charge on any atom is 0.0740 e. The van der Waals surface area contributed by atoms with E-state index >= 15 is 0 Å². The number of nitrogens with zero attached hydrogens (tertiary/aromatic N) is 1. The van der Waals surface area contributed by atoms with Gasteiger partial charge in [-0.2, -0.15) is 0 Å². The van der Waals surface area contributed by atoms with Crippen LogP contribution in [0.5, 0.6) is 0 Å². The fourth-order valence-corrected chi connectivity index (χ4v) is 10.4. The minimum Gasteiger partial charge on any atom is -0.310 e. The quantitative estimate of drug-likeness (QED) is 0.174. The Morgan fingerprint density at radius 2 is 0.906 bits per heavy atom. The van der Waals surface area contributed by atoms with Crippen LogP contribution in [0.15, 0.2) is 200 Å². The van der Waals surface area contributed by atoms with Gasteiger partial charge in [-0.05, 0) is 115 Å². The van der Waals surface area contributed by atoms with Gasteiger partial charge < -0.3 is 4.90 Å². The van der Waals surface area contributed by atoms with Gasteiger partial charge in [0.05, 0.1) is 5.41 Å². The summed E-state index contributed by atoms with van der Waals surface area (Å²) >= 11 is 1.93. The molecular weight excluding hydrogens is 659 g/mol. The van der Waals surface area contributed by atoms with Crippen molar-refractivity contribution in [2.45, 2.75) is 5.41 Å². The molecule has 1 aromatic heterocycles. The van der Waals surface area contributed by atoms with E-state index in [1.807, 2.05) is 11.3 Å². The SMILES string of the molecule is c1ccc(-c2cc(-c3ccccc3)cc(N(c3ccccc3)c3ccc4c(c3)C3(c5ccccc5-c5ccccc53)c3c-4sc4ccccc34)c2)cc1. The van der Waals surface area contributed by atoms with Crippen molar-refractivity contribution in [3.8, 4) is 43.8 Å². The van der Waals surface area contributed by atoms with Crippen LogP contribution in [0, 0.1) is 0 Å². The fourth-order valence-electron chi connectivity index (χ4n) is 9.08. The molecule has 0 aliphatic heterocycles. The molecule has 11 rings (SSSR count). The summed E-state index contributed by atoms with van der Waals surface area (Å²) in [4.78, 5) is 3.83. The molecule has 2 aliphatic carbocycles. The highest BCUT2D eigenvalue weighted by Crippen LogP contribution is 2.66. The largest absolute Gasteiger partial charge is 0.310 e. The molecule has 0 radical (unpaired) electrons.